The second kappa shape index (κ2) is 7.93. The van der Waals surface area contributed by atoms with Gasteiger partial charge in [0, 0.05) is 47.7 Å². The zero-order valence-corrected chi connectivity index (χ0v) is 17.2. The normalized spacial score (nSPS) is 18.8. The number of likely N-dealkylation sites (tertiary alicyclic amines) is 1. The van der Waals surface area contributed by atoms with Crippen LogP contribution in [0.5, 0.6) is 0 Å². The molecule has 5 rings (SSSR count). The fourth-order valence-electron chi connectivity index (χ4n) is 4.57. The van der Waals surface area contributed by atoms with E-state index >= 15 is 0 Å². The smallest absolute Gasteiger partial charge is 0.274 e. The van der Waals surface area contributed by atoms with E-state index in [4.69, 9.17) is 4.98 Å². The quantitative estimate of drug-likeness (QED) is 0.617. The lowest BCUT2D eigenvalue weighted by atomic mass is 9.92. The first-order valence-electron chi connectivity index (χ1n) is 10.8. The van der Waals surface area contributed by atoms with Gasteiger partial charge in [-0.1, -0.05) is 6.07 Å². The maximum Gasteiger partial charge on any atom is 0.274 e. The third kappa shape index (κ3) is 3.69. The highest BCUT2D eigenvalue weighted by Crippen LogP contribution is 2.29. The van der Waals surface area contributed by atoms with Gasteiger partial charge in [0.2, 0.25) is 0 Å². The van der Waals surface area contributed by atoms with Gasteiger partial charge in [-0.25, -0.2) is 4.98 Å². The maximum absolute atomic E-state index is 13.2. The maximum atomic E-state index is 13.2. The molecule has 0 aromatic carbocycles. The number of pyridine rings is 1. The lowest BCUT2D eigenvalue weighted by molar-refractivity contribution is 0.0698. The first kappa shape index (κ1) is 18.8. The Bertz CT molecular complexity index is 1050. The average Bonchev–Trinajstić information content (AvgIpc) is 3.39. The van der Waals surface area contributed by atoms with Crippen LogP contribution in [-0.2, 0) is 12.8 Å². The van der Waals surface area contributed by atoms with Crippen LogP contribution in [0.1, 0.15) is 64.7 Å². The molecule has 1 saturated heterocycles. The number of H-pyrrole nitrogens is 2. The molecule has 8 heteroatoms. The number of carbonyl (C=O) groups excluding carboxylic acids is 1. The zero-order valence-electron chi connectivity index (χ0n) is 17.2. The topological polar surface area (TPSA) is 103 Å². The van der Waals surface area contributed by atoms with E-state index in [9.17, 15) is 4.79 Å². The highest BCUT2D eigenvalue weighted by Gasteiger charge is 2.30. The van der Waals surface area contributed by atoms with E-state index in [1.54, 1.807) is 0 Å². The minimum Gasteiger partial charge on any atom is -0.337 e. The summed E-state index contributed by atoms with van der Waals surface area (Å²) >= 11 is 0. The van der Waals surface area contributed by atoms with E-state index in [1.807, 2.05) is 30.0 Å². The largest absolute Gasteiger partial charge is 0.337 e. The Labute approximate surface area is 175 Å². The molecule has 1 fully saturated rings. The van der Waals surface area contributed by atoms with Crippen LogP contribution in [-0.4, -0.2) is 49.3 Å². The Kier molecular flexibility index (Phi) is 4.98. The molecule has 0 radical (unpaired) electrons. The first-order chi connectivity index (χ1) is 14.7. The van der Waals surface area contributed by atoms with E-state index < -0.39 is 0 Å². The Balaban J connectivity index is 1.31. The van der Waals surface area contributed by atoms with E-state index in [-0.39, 0.29) is 11.8 Å². The number of fused-ring (bicyclic) bond motifs is 1. The monoisotopic (exact) mass is 405 g/mol. The van der Waals surface area contributed by atoms with Crippen molar-refractivity contribution in [3.8, 4) is 0 Å². The van der Waals surface area contributed by atoms with E-state index in [0.29, 0.717) is 12.2 Å². The predicted molar refractivity (Wildman–Crippen MR) is 114 cm³/mol. The highest BCUT2D eigenvalue weighted by atomic mass is 16.2. The highest BCUT2D eigenvalue weighted by molar-refractivity contribution is 5.94. The van der Waals surface area contributed by atoms with E-state index in [2.05, 4.69) is 31.8 Å². The minimum absolute atomic E-state index is 0.0559. The van der Waals surface area contributed by atoms with Crippen LogP contribution in [0.2, 0.25) is 0 Å². The zero-order chi connectivity index (χ0) is 20.5. The van der Waals surface area contributed by atoms with E-state index in [0.717, 1.165) is 72.9 Å². The number of hydrogen-bond acceptors (Lipinski definition) is 5. The molecule has 1 aliphatic carbocycles. The van der Waals surface area contributed by atoms with Crippen molar-refractivity contribution in [2.75, 3.05) is 18.4 Å². The van der Waals surface area contributed by atoms with Crippen molar-refractivity contribution in [3.63, 3.8) is 0 Å². The van der Waals surface area contributed by atoms with Crippen LogP contribution in [0.4, 0.5) is 11.6 Å². The van der Waals surface area contributed by atoms with Crippen LogP contribution < -0.4 is 5.32 Å². The molecule has 1 atom stereocenters. The Morgan fingerprint density at radius 1 is 1.13 bits per heavy atom. The Hall–Kier alpha value is -3.16. The molecule has 3 aromatic heterocycles. The number of nitrogens with zero attached hydrogens (tertiary/aromatic N) is 4. The van der Waals surface area contributed by atoms with Gasteiger partial charge < -0.3 is 10.2 Å². The van der Waals surface area contributed by atoms with Gasteiger partial charge in [0.15, 0.2) is 11.5 Å². The number of rotatable bonds is 4. The molecule has 3 N–H and O–H groups in total. The van der Waals surface area contributed by atoms with Gasteiger partial charge in [-0.3, -0.25) is 15.0 Å². The van der Waals surface area contributed by atoms with Crippen molar-refractivity contribution in [2.45, 2.75) is 51.4 Å². The number of hydrogen-bond donors (Lipinski definition) is 3. The van der Waals surface area contributed by atoms with Crippen molar-refractivity contribution < 1.29 is 4.79 Å². The van der Waals surface area contributed by atoms with Gasteiger partial charge in [0.25, 0.3) is 5.91 Å². The summed E-state index contributed by atoms with van der Waals surface area (Å²) in [7, 11) is 0. The number of piperidine rings is 1. The van der Waals surface area contributed by atoms with Gasteiger partial charge in [0.1, 0.15) is 5.82 Å². The SMILES string of the molecule is Cc1cc(Nc2cccc([C@H]3CCCN(C(=O)c4n[nH]c5c4CCCC5)C3)n2)n[nH]1. The van der Waals surface area contributed by atoms with Gasteiger partial charge in [-0.15, -0.1) is 0 Å². The number of aromatic amines is 2. The lowest BCUT2D eigenvalue weighted by Crippen LogP contribution is -2.40. The number of aromatic nitrogens is 5. The molecule has 0 bridgehead atoms. The van der Waals surface area contributed by atoms with Crippen LogP contribution in [0.3, 0.4) is 0 Å². The summed E-state index contributed by atoms with van der Waals surface area (Å²) in [6.07, 6.45) is 6.25. The Morgan fingerprint density at radius 3 is 2.90 bits per heavy atom. The summed E-state index contributed by atoms with van der Waals surface area (Å²) in [4.78, 5) is 20.0. The van der Waals surface area contributed by atoms with Gasteiger partial charge >= 0.3 is 0 Å². The molecule has 4 heterocycles. The minimum atomic E-state index is 0.0559. The summed E-state index contributed by atoms with van der Waals surface area (Å²) in [5, 5.41) is 17.9. The fraction of sp³-hybridized carbons (Fsp3) is 0.455. The molecule has 8 nitrogen and oxygen atoms in total. The molecule has 30 heavy (non-hydrogen) atoms. The molecule has 0 saturated carbocycles. The van der Waals surface area contributed by atoms with Gasteiger partial charge in [-0.2, -0.15) is 10.2 Å². The molecule has 2 aliphatic rings. The molecule has 1 aliphatic heterocycles. The number of anilines is 2. The number of nitrogens with one attached hydrogen (secondary N) is 3. The third-order valence-corrected chi connectivity index (χ3v) is 6.12. The van der Waals surface area contributed by atoms with Crippen LogP contribution in [0.15, 0.2) is 24.3 Å². The number of amides is 1. The summed E-state index contributed by atoms with van der Waals surface area (Å²) in [5.41, 5.74) is 4.91. The molecular weight excluding hydrogens is 378 g/mol. The summed E-state index contributed by atoms with van der Waals surface area (Å²) in [6, 6.07) is 7.94. The standard InChI is InChI=1S/C22H27N7O/c1-14-12-20(27-25-14)24-19-10-4-9-17(23-19)15-6-5-11-29(13-15)22(30)21-16-7-2-3-8-18(16)26-28-21/h4,9-10,12,15H,2-3,5-8,11,13H2,1H3,(H,26,28)(H2,23,24,25,27)/t15-/m0/s1. The predicted octanol–water partition coefficient (Wildman–Crippen LogP) is 3.48. The van der Waals surface area contributed by atoms with Crippen molar-refractivity contribution in [3.05, 3.63) is 52.6 Å². The molecular formula is C22H27N7O. The molecule has 3 aromatic rings. The van der Waals surface area contributed by atoms with Crippen molar-refractivity contribution >= 4 is 17.5 Å². The van der Waals surface area contributed by atoms with Gasteiger partial charge in [-0.05, 0) is 57.6 Å². The second-order valence-corrected chi connectivity index (χ2v) is 8.34. The van der Waals surface area contributed by atoms with Crippen molar-refractivity contribution in [1.29, 1.82) is 0 Å². The first-order valence-corrected chi connectivity index (χ1v) is 10.8. The van der Waals surface area contributed by atoms with E-state index in [1.165, 1.54) is 6.42 Å². The summed E-state index contributed by atoms with van der Waals surface area (Å²) in [6.45, 7) is 3.42. The lowest BCUT2D eigenvalue weighted by Gasteiger charge is -2.32. The van der Waals surface area contributed by atoms with Crippen molar-refractivity contribution in [2.24, 2.45) is 0 Å². The third-order valence-electron chi connectivity index (χ3n) is 6.12. The molecule has 0 spiro atoms. The number of aryl methyl sites for hydroxylation is 2. The Morgan fingerprint density at radius 2 is 2.03 bits per heavy atom. The second-order valence-electron chi connectivity index (χ2n) is 8.34. The summed E-state index contributed by atoms with van der Waals surface area (Å²) < 4.78 is 0. The molecule has 156 valence electrons. The van der Waals surface area contributed by atoms with Crippen LogP contribution >= 0.6 is 0 Å². The van der Waals surface area contributed by atoms with Gasteiger partial charge in [0.05, 0.1) is 0 Å². The number of carbonyl (C=O) groups is 1. The van der Waals surface area contributed by atoms with Crippen molar-refractivity contribution in [1.82, 2.24) is 30.3 Å². The molecule has 0 unspecified atom stereocenters. The fourth-order valence-corrected chi connectivity index (χ4v) is 4.57. The summed E-state index contributed by atoms with van der Waals surface area (Å²) in [5.74, 6) is 1.80. The van der Waals surface area contributed by atoms with Crippen LogP contribution in [0, 0.1) is 6.92 Å². The molecule has 1 amide bonds. The average molecular weight is 406 g/mol. The van der Waals surface area contributed by atoms with Crippen LogP contribution in [0.25, 0.3) is 0 Å².